The summed E-state index contributed by atoms with van der Waals surface area (Å²) in [5.74, 6) is 0.796. The minimum Gasteiger partial charge on any atom is -0.243 e. The molecule has 0 fully saturated rings. The van der Waals surface area contributed by atoms with Crippen LogP contribution in [0.15, 0.2) is 53.4 Å². The van der Waals surface area contributed by atoms with Crippen molar-refractivity contribution in [2.45, 2.75) is 23.7 Å². The Morgan fingerprint density at radius 1 is 1.11 bits per heavy atom. The lowest BCUT2D eigenvalue weighted by Crippen LogP contribution is -1.91. The van der Waals surface area contributed by atoms with E-state index in [1.165, 1.54) is 12.5 Å². The standard InChI is InChI=1S/C15H14ClFS/c1-11(17)13-8-5-9-14(16)15(13)18-10-12-6-3-2-4-7-12/h2-9,11H,10H2,1H3. The second kappa shape index (κ2) is 6.26. The highest BCUT2D eigenvalue weighted by Crippen LogP contribution is 2.36. The van der Waals surface area contributed by atoms with Gasteiger partial charge in [-0.05, 0) is 18.6 Å². The zero-order valence-electron chi connectivity index (χ0n) is 10.1. The summed E-state index contributed by atoms with van der Waals surface area (Å²) in [6, 6.07) is 15.5. The lowest BCUT2D eigenvalue weighted by molar-refractivity contribution is 0.369. The Morgan fingerprint density at radius 2 is 1.83 bits per heavy atom. The van der Waals surface area contributed by atoms with Gasteiger partial charge in [-0.2, -0.15) is 0 Å². The predicted molar refractivity (Wildman–Crippen MR) is 77.0 cm³/mol. The molecule has 0 aromatic heterocycles. The third-order valence-electron chi connectivity index (χ3n) is 2.65. The Morgan fingerprint density at radius 3 is 2.50 bits per heavy atom. The van der Waals surface area contributed by atoms with E-state index >= 15 is 0 Å². The predicted octanol–water partition coefficient (Wildman–Crippen LogP) is 5.66. The van der Waals surface area contributed by atoms with Crippen LogP contribution < -0.4 is 0 Å². The number of hydrogen-bond acceptors (Lipinski definition) is 1. The maximum atomic E-state index is 13.5. The topological polar surface area (TPSA) is 0 Å². The van der Waals surface area contributed by atoms with Crippen LogP contribution in [0, 0.1) is 0 Å². The quantitative estimate of drug-likeness (QED) is 0.651. The smallest absolute Gasteiger partial charge is 0.123 e. The molecule has 0 saturated carbocycles. The zero-order valence-corrected chi connectivity index (χ0v) is 11.6. The van der Waals surface area contributed by atoms with Gasteiger partial charge in [0.1, 0.15) is 6.17 Å². The number of halogens is 2. The third-order valence-corrected chi connectivity index (χ3v) is 4.30. The fourth-order valence-electron chi connectivity index (χ4n) is 1.72. The highest BCUT2D eigenvalue weighted by molar-refractivity contribution is 7.98. The number of alkyl halides is 1. The molecule has 0 saturated heterocycles. The van der Waals surface area contributed by atoms with Crippen LogP contribution in [0.2, 0.25) is 5.02 Å². The Balaban J connectivity index is 2.19. The Bertz CT molecular complexity index is 511. The van der Waals surface area contributed by atoms with Crippen LogP contribution in [0.4, 0.5) is 4.39 Å². The van der Waals surface area contributed by atoms with Crippen LogP contribution in [0.5, 0.6) is 0 Å². The van der Waals surface area contributed by atoms with E-state index in [0.29, 0.717) is 10.6 Å². The summed E-state index contributed by atoms with van der Waals surface area (Å²) in [4.78, 5) is 0.845. The van der Waals surface area contributed by atoms with Crippen molar-refractivity contribution >= 4 is 23.4 Å². The minimum atomic E-state index is -0.998. The van der Waals surface area contributed by atoms with Gasteiger partial charge in [0, 0.05) is 16.2 Å². The van der Waals surface area contributed by atoms with E-state index in [4.69, 9.17) is 11.6 Å². The summed E-state index contributed by atoms with van der Waals surface area (Å²) in [5, 5.41) is 0.623. The highest BCUT2D eigenvalue weighted by atomic mass is 35.5. The first-order chi connectivity index (χ1) is 8.68. The largest absolute Gasteiger partial charge is 0.243 e. The molecule has 2 rings (SSSR count). The molecule has 0 aliphatic heterocycles. The van der Waals surface area contributed by atoms with Crippen LogP contribution in [0.1, 0.15) is 24.2 Å². The number of benzene rings is 2. The van der Waals surface area contributed by atoms with Crippen molar-refractivity contribution in [3.05, 3.63) is 64.7 Å². The lowest BCUT2D eigenvalue weighted by Gasteiger charge is -2.12. The monoisotopic (exact) mass is 280 g/mol. The van der Waals surface area contributed by atoms with E-state index in [1.807, 2.05) is 18.2 Å². The van der Waals surface area contributed by atoms with Gasteiger partial charge in [0.2, 0.25) is 0 Å². The first-order valence-electron chi connectivity index (χ1n) is 5.77. The molecule has 0 aliphatic carbocycles. The average molecular weight is 281 g/mol. The average Bonchev–Trinajstić information content (AvgIpc) is 2.38. The Labute approximate surface area is 116 Å². The minimum absolute atomic E-state index is 0.623. The summed E-state index contributed by atoms with van der Waals surface area (Å²) in [5.41, 5.74) is 1.88. The second-order valence-electron chi connectivity index (χ2n) is 4.05. The van der Waals surface area contributed by atoms with Gasteiger partial charge in [-0.3, -0.25) is 0 Å². The molecule has 0 bridgehead atoms. The van der Waals surface area contributed by atoms with Gasteiger partial charge < -0.3 is 0 Å². The van der Waals surface area contributed by atoms with Crippen molar-refractivity contribution < 1.29 is 4.39 Å². The first kappa shape index (κ1) is 13.4. The number of hydrogen-bond donors (Lipinski definition) is 0. The molecular weight excluding hydrogens is 267 g/mol. The molecule has 0 amide bonds. The molecule has 1 atom stereocenters. The molecule has 3 heteroatoms. The van der Waals surface area contributed by atoms with Crippen molar-refractivity contribution in [1.82, 2.24) is 0 Å². The number of thioether (sulfide) groups is 1. The molecule has 0 aliphatic rings. The summed E-state index contributed by atoms with van der Waals surface area (Å²) >= 11 is 7.74. The molecule has 2 aromatic carbocycles. The van der Waals surface area contributed by atoms with Crippen molar-refractivity contribution in [2.24, 2.45) is 0 Å². The van der Waals surface area contributed by atoms with E-state index in [0.717, 1.165) is 10.6 Å². The normalized spacial score (nSPS) is 12.4. The van der Waals surface area contributed by atoms with E-state index in [-0.39, 0.29) is 0 Å². The van der Waals surface area contributed by atoms with Gasteiger partial charge in [-0.25, -0.2) is 4.39 Å². The van der Waals surface area contributed by atoms with E-state index in [1.54, 1.807) is 30.0 Å². The van der Waals surface area contributed by atoms with Crippen molar-refractivity contribution in [2.75, 3.05) is 0 Å². The van der Waals surface area contributed by atoms with E-state index in [9.17, 15) is 4.39 Å². The van der Waals surface area contributed by atoms with E-state index < -0.39 is 6.17 Å². The lowest BCUT2D eigenvalue weighted by atomic mass is 10.1. The van der Waals surface area contributed by atoms with Gasteiger partial charge in [-0.15, -0.1) is 11.8 Å². The van der Waals surface area contributed by atoms with Crippen LogP contribution in [-0.4, -0.2) is 0 Å². The summed E-state index contributed by atoms with van der Waals surface area (Å²) in [6.07, 6.45) is -0.998. The molecule has 94 valence electrons. The molecule has 0 nitrogen and oxygen atoms in total. The maximum absolute atomic E-state index is 13.5. The summed E-state index contributed by atoms with van der Waals surface area (Å²) < 4.78 is 13.5. The fraction of sp³-hybridized carbons (Fsp3) is 0.200. The summed E-state index contributed by atoms with van der Waals surface area (Å²) in [6.45, 7) is 1.54. The van der Waals surface area contributed by atoms with E-state index in [2.05, 4.69) is 12.1 Å². The molecule has 1 unspecified atom stereocenters. The first-order valence-corrected chi connectivity index (χ1v) is 7.14. The van der Waals surface area contributed by atoms with Gasteiger partial charge in [0.25, 0.3) is 0 Å². The molecule has 0 heterocycles. The molecule has 0 radical (unpaired) electrons. The molecule has 2 aromatic rings. The van der Waals surface area contributed by atoms with Crippen LogP contribution in [-0.2, 0) is 5.75 Å². The molecule has 18 heavy (non-hydrogen) atoms. The zero-order chi connectivity index (χ0) is 13.0. The van der Waals surface area contributed by atoms with Crippen LogP contribution in [0.3, 0.4) is 0 Å². The SMILES string of the molecule is CC(F)c1cccc(Cl)c1SCc1ccccc1. The van der Waals surface area contributed by atoms with Crippen LogP contribution >= 0.6 is 23.4 Å². The second-order valence-corrected chi connectivity index (χ2v) is 5.44. The number of rotatable bonds is 4. The van der Waals surface area contributed by atoms with Crippen molar-refractivity contribution in [3.8, 4) is 0 Å². The van der Waals surface area contributed by atoms with Crippen LogP contribution in [0.25, 0.3) is 0 Å². The van der Waals surface area contributed by atoms with Gasteiger partial charge in [0.15, 0.2) is 0 Å². The fourth-order valence-corrected chi connectivity index (χ4v) is 3.17. The maximum Gasteiger partial charge on any atom is 0.123 e. The van der Waals surface area contributed by atoms with Gasteiger partial charge >= 0.3 is 0 Å². The highest BCUT2D eigenvalue weighted by Gasteiger charge is 2.12. The third kappa shape index (κ3) is 3.27. The van der Waals surface area contributed by atoms with Gasteiger partial charge in [-0.1, -0.05) is 54.1 Å². The van der Waals surface area contributed by atoms with Gasteiger partial charge in [0.05, 0.1) is 5.02 Å². The molecule has 0 N–H and O–H groups in total. The summed E-state index contributed by atoms with van der Waals surface area (Å²) in [7, 11) is 0. The Kier molecular flexibility index (Phi) is 4.67. The Hall–Kier alpha value is -0.990. The molecular formula is C15H14ClFS. The van der Waals surface area contributed by atoms with Crippen molar-refractivity contribution in [1.29, 1.82) is 0 Å². The van der Waals surface area contributed by atoms with Crippen molar-refractivity contribution in [3.63, 3.8) is 0 Å². The molecule has 0 spiro atoms.